The molecule has 1 aromatic carbocycles. The van der Waals surface area contributed by atoms with E-state index >= 15 is 0 Å². The summed E-state index contributed by atoms with van der Waals surface area (Å²) in [5, 5.41) is 0. The third-order valence-electron chi connectivity index (χ3n) is 3.55. The van der Waals surface area contributed by atoms with Gasteiger partial charge in [0.2, 0.25) is 0 Å². The summed E-state index contributed by atoms with van der Waals surface area (Å²) >= 11 is 0. The lowest BCUT2D eigenvalue weighted by Gasteiger charge is -2.33. The largest absolute Gasteiger partial charge is 0.479 e. The Hall–Kier alpha value is -1.84. The highest BCUT2D eigenvalue weighted by atomic mass is 16.5. The average Bonchev–Trinajstić information content (AvgIpc) is 2.42. The molecule has 19 heavy (non-hydrogen) atoms. The molecule has 0 aliphatic carbocycles. The summed E-state index contributed by atoms with van der Waals surface area (Å²) in [4.78, 5) is 25.8. The standard InChI is InChI=1S/C15H19NO3/c1-4-10(2)13(17)9-16-12-7-5-6-8-14(12)19-11(3)15(16)18/h5-8,10-11H,4,9H2,1-3H3. The maximum Gasteiger partial charge on any atom is 0.268 e. The smallest absolute Gasteiger partial charge is 0.268 e. The number of ketones is 1. The first-order valence-corrected chi connectivity index (χ1v) is 6.64. The molecule has 2 unspecified atom stereocenters. The summed E-state index contributed by atoms with van der Waals surface area (Å²) in [6.07, 6.45) is 0.244. The first-order chi connectivity index (χ1) is 9.04. The van der Waals surface area contributed by atoms with Crippen LogP contribution in [0.2, 0.25) is 0 Å². The van der Waals surface area contributed by atoms with E-state index in [9.17, 15) is 9.59 Å². The number of carbonyl (C=O) groups is 2. The number of hydrogen-bond donors (Lipinski definition) is 0. The number of amides is 1. The van der Waals surface area contributed by atoms with Gasteiger partial charge in [-0.3, -0.25) is 14.5 Å². The molecular formula is C15H19NO3. The predicted octanol–water partition coefficient (Wildman–Crippen LogP) is 2.42. The Morgan fingerprint density at radius 3 is 2.79 bits per heavy atom. The molecule has 1 aliphatic rings. The van der Waals surface area contributed by atoms with Gasteiger partial charge in [-0.2, -0.15) is 0 Å². The monoisotopic (exact) mass is 261 g/mol. The van der Waals surface area contributed by atoms with Crippen LogP contribution in [0.15, 0.2) is 24.3 Å². The number of rotatable bonds is 4. The van der Waals surface area contributed by atoms with Gasteiger partial charge in [0.1, 0.15) is 5.75 Å². The number of hydrogen-bond acceptors (Lipinski definition) is 3. The molecule has 4 heteroatoms. The summed E-state index contributed by atoms with van der Waals surface area (Å²) in [7, 11) is 0. The van der Waals surface area contributed by atoms with Crippen molar-refractivity contribution in [1.29, 1.82) is 0 Å². The van der Waals surface area contributed by atoms with Crippen LogP contribution in [0, 0.1) is 5.92 Å². The molecule has 1 aromatic rings. The van der Waals surface area contributed by atoms with E-state index in [0.717, 1.165) is 6.42 Å². The van der Waals surface area contributed by atoms with Gasteiger partial charge in [0.25, 0.3) is 5.91 Å². The maximum atomic E-state index is 12.2. The molecule has 1 heterocycles. The lowest BCUT2D eigenvalue weighted by molar-refractivity contribution is -0.128. The third-order valence-corrected chi connectivity index (χ3v) is 3.55. The Kier molecular flexibility index (Phi) is 3.88. The van der Waals surface area contributed by atoms with Gasteiger partial charge < -0.3 is 4.74 Å². The Morgan fingerprint density at radius 1 is 1.42 bits per heavy atom. The fourth-order valence-corrected chi connectivity index (χ4v) is 2.06. The molecule has 2 atom stereocenters. The van der Waals surface area contributed by atoms with Gasteiger partial charge >= 0.3 is 0 Å². The molecular weight excluding hydrogens is 242 g/mol. The van der Waals surface area contributed by atoms with Crippen LogP contribution in [0.25, 0.3) is 0 Å². The molecule has 0 bridgehead atoms. The number of fused-ring (bicyclic) bond motifs is 1. The molecule has 2 rings (SSSR count). The van der Waals surface area contributed by atoms with Crippen LogP contribution < -0.4 is 9.64 Å². The normalized spacial score (nSPS) is 19.6. The SMILES string of the molecule is CCC(C)C(=O)CN1C(=O)C(C)Oc2ccccc21. The number of para-hydroxylation sites is 2. The van der Waals surface area contributed by atoms with E-state index in [4.69, 9.17) is 4.74 Å². The summed E-state index contributed by atoms with van der Waals surface area (Å²) in [6.45, 7) is 5.69. The average molecular weight is 261 g/mol. The summed E-state index contributed by atoms with van der Waals surface area (Å²) < 4.78 is 5.54. The van der Waals surface area contributed by atoms with Crippen molar-refractivity contribution in [3.63, 3.8) is 0 Å². The van der Waals surface area contributed by atoms with Crippen LogP contribution in [-0.4, -0.2) is 24.3 Å². The van der Waals surface area contributed by atoms with Crippen molar-refractivity contribution in [2.45, 2.75) is 33.3 Å². The van der Waals surface area contributed by atoms with Gasteiger partial charge in [0.05, 0.1) is 12.2 Å². The van der Waals surface area contributed by atoms with Crippen LogP contribution >= 0.6 is 0 Å². The summed E-state index contributed by atoms with van der Waals surface area (Å²) in [6, 6.07) is 7.32. The van der Waals surface area contributed by atoms with Gasteiger partial charge in [-0.15, -0.1) is 0 Å². The number of benzene rings is 1. The highest BCUT2D eigenvalue weighted by Gasteiger charge is 2.32. The van der Waals surface area contributed by atoms with E-state index in [1.807, 2.05) is 38.1 Å². The number of anilines is 1. The van der Waals surface area contributed by atoms with Crippen molar-refractivity contribution < 1.29 is 14.3 Å². The van der Waals surface area contributed by atoms with E-state index in [0.29, 0.717) is 11.4 Å². The molecule has 0 N–H and O–H groups in total. The van der Waals surface area contributed by atoms with E-state index in [-0.39, 0.29) is 24.2 Å². The van der Waals surface area contributed by atoms with Gasteiger partial charge in [0.15, 0.2) is 11.9 Å². The molecule has 1 amide bonds. The second-order valence-corrected chi connectivity index (χ2v) is 4.93. The Balaban J connectivity index is 2.28. The van der Waals surface area contributed by atoms with Crippen molar-refractivity contribution in [3.05, 3.63) is 24.3 Å². The minimum atomic E-state index is -0.542. The Morgan fingerprint density at radius 2 is 2.11 bits per heavy atom. The topological polar surface area (TPSA) is 46.6 Å². The first kappa shape index (κ1) is 13.6. The van der Waals surface area contributed by atoms with Crippen LogP contribution in [0.4, 0.5) is 5.69 Å². The number of ether oxygens (including phenoxy) is 1. The summed E-state index contributed by atoms with van der Waals surface area (Å²) in [5.41, 5.74) is 0.683. The molecule has 1 aliphatic heterocycles. The van der Waals surface area contributed by atoms with Crippen molar-refractivity contribution in [2.75, 3.05) is 11.4 Å². The highest BCUT2D eigenvalue weighted by molar-refractivity contribution is 6.04. The molecule has 4 nitrogen and oxygen atoms in total. The lowest BCUT2D eigenvalue weighted by atomic mass is 10.0. The van der Waals surface area contributed by atoms with Gasteiger partial charge in [0, 0.05) is 5.92 Å². The summed E-state index contributed by atoms with van der Waals surface area (Å²) in [5.74, 6) is 0.555. The maximum absolute atomic E-state index is 12.2. The zero-order chi connectivity index (χ0) is 14.0. The molecule has 0 saturated heterocycles. The third kappa shape index (κ3) is 2.62. The molecule has 0 saturated carbocycles. The van der Waals surface area contributed by atoms with Crippen molar-refractivity contribution >= 4 is 17.4 Å². The second kappa shape index (κ2) is 5.43. The van der Waals surface area contributed by atoms with Crippen molar-refractivity contribution in [1.82, 2.24) is 0 Å². The van der Waals surface area contributed by atoms with E-state index in [1.165, 1.54) is 4.90 Å². The van der Waals surface area contributed by atoms with Gasteiger partial charge in [-0.05, 0) is 25.5 Å². The molecule has 0 spiro atoms. The highest BCUT2D eigenvalue weighted by Crippen LogP contribution is 2.33. The molecule has 0 aromatic heterocycles. The number of Topliss-reactive ketones (excluding diaryl/α,β-unsaturated/α-hetero) is 1. The minimum Gasteiger partial charge on any atom is -0.479 e. The zero-order valence-electron chi connectivity index (χ0n) is 11.6. The number of nitrogens with zero attached hydrogens (tertiary/aromatic N) is 1. The molecule has 102 valence electrons. The van der Waals surface area contributed by atoms with E-state index < -0.39 is 6.10 Å². The van der Waals surface area contributed by atoms with Gasteiger partial charge in [-0.1, -0.05) is 26.0 Å². The zero-order valence-corrected chi connectivity index (χ0v) is 11.6. The van der Waals surface area contributed by atoms with Crippen LogP contribution in [0.3, 0.4) is 0 Å². The van der Waals surface area contributed by atoms with Crippen LogP contribution in [0.5, 0.6) is 5.75 Å². The fourth-order valence-electron chi connectivity index (χ4n) is 2.06. The van der Waals surface area contributed by atoms with E-state index in [1.54, 1.807) is 6.92 Å². The quantitative estimate of drug-likeness (QED) is 0.836. The van der Waals surface area contributed by atoms with Crippen molar-refractivity contribution in [3.8, 4) is 5.75 Å². The fraction of sp³-hybridized carbons (Fsp3) is 0.467. The lowest BCUT2D eigenvalue weighted by Crippen LogP contribution is -2.47. The van der Waals surface area contributed by atoms with Crippen LogP contribution in [-0.2, 0) is 9.59 Å². The Bertz CT molecular complexity index is 498. The number of carbonyl (C=O) groups excluding carboxylic acids is 2. The second-order valence-electron chi connectivity index (χ2n) is 4.93. The minimum absolute atomic E-state index is 0.0295. The van der Waals surface area contributed by atoms with Gasteiger partial charge in [-0.25, -0.2) is 0 Å². The van der Waals surface area contributed by atoms with E-state index in [2.05, 4.69) is 0 Å². The van der Waals surface area contributed by atoms with Crippen molar-refractivity contribution in [2.24, 2.45) is 5.92 Å². The van der Waals surface area contributed by atoms with Crippen LogP contribution in [0.1, 0.15) is 27.2 Å². The Labute approximate surface area is 113 Å². The molecule has 0 fully saturated rings. The first-order valence-electron chi connectivity index (χ1n) is 6.64. The molecule has 0 radical (unpaired) electrons. The predicted molar refractivity (Wildman–Crippen MR) is 73.3 cm³/mol.